The Balaban J connectivity index is 1.51. The molecule has 0 bridgehead atoms. The first kappa shape index (κ1) is 21.5. The molecule has 4 rings (SSSR count). The van der Waals surface area contributed by atoms with E-state index in [1.807, 2.05) is 24.3 Å². The van der Waals surface area contributed by atoms with Crippen LogP contribution in [0.15, 0.2) is 53.4 Å². The quantitative estimate of drug-likeness (QED) is 0.597. The third-order valence-electron chi connectivity index (χ3n) is 5.41. The van der Waals surface area contributed by atoms with E-state index in [1.54, 1.807) is 31.1 Å². The molecule has 1 fully saturated rings. The number of piperazine rings is 1. The summed E-state index contributed by atoms with van der Waals surface area (Å²) in [7, 11) is -2.06. The fourth-order valence-electron chi connectivity index (χ4n) is 3.67. The predicted molar refractivity (Wildman–Crippen MR) is 119 cm³/mol. The van der Waals surface area contributed by atoms with Crippen molar-refractivity contribution in [2.45, 2.75) is 11.8 Å². The lowest BCUT2D eigenvalue weighted by atomic mass is 10.1. The largest absolute Gasteiger partial charge is 0.497 e. The molecule has 1 saturated heterocycles. The second-order valence-electron chi connectivity index (χ2n) is 7.33. The number of nitrogens with zero attached hydrogens (tertiary/aromatic N) is 3. The van der Waals surface area contributed by atoms with Crippen LogP contribution in [0.25, 0.3) is 10.9 Å². The van der Waals surface area contributed by atoms with Crippen LogP contribution < -0.4 is 4.74 Å². The molecule has 0 unspecified atom stereocenters. The zero-order valence-electron chi connectivity index (χ0n) is 17.2. The summed E-state index contributed by atoms with van der Waals surface area (Å²) in [4.78, 5) is 19.5. The lowest BCUT2D eigenvalue weighted by Gasteiger charge is -2.34. The van der Waals surface area contributed by atoms with Gasteiger partial charge in [0.25, 0.3) is 5.91 Å². The molecule has 162 valence electrons. The van der Waals surface area contributed by atoms with Crippen molar-refractivity contribution >= 4 is 38.4 Å². The van der Waals surface area contributed by atoms with Gasteiger partial charge < -0.3 is 9.64 Å². The number of aryl methyl sites for hydroxylation is 1. The number of hydrogen-bond donors (Lipinski definition) is 0. The molecule has 1 amide bonds. The van der Waals surface area contributed by atoms with Gasteiger partial charge in [-0.3, -0.25) is 9.78 Å². The normalized spacial score (nSPS) is 15.3. The van der Waals surface area contributed by atoms with Gasteiger partial charge in [0.2, 0.25) is 10.0 Å². The highest BCUT2D eigenvalue weighted by atomic mass is 35.5. The third kappa shape index (κ3) is 4.23. The molecule has 1 aliphatic heterocycles. The number of hydrogen-bond acceptors (Lipinski definition) is 5. The van der Waals surface area contributed by atoms with Crippen LogP contribution in [0, 0.1) is 6.92 Å². The van der Waals surface area contributed by atoms with Crippen molar-refractivity contribution < 1.29 is 17.9 Å². The van der Waals surface area contributed by atoms with Crippen LogP contribution >= 0.6 is 11.6 Å². The van der Waals surface area contributed by atoms with E-state index in [9.17, 15) is 13.2 Å². The first-order valence-electron chi connectivity index (χ1n) is 9.80. The number of pyridine rings is 1. The molecule has 2 heterocycles. The number of aromatic nitrogens is 1. The van der Waals surface area contributed by atoms with E-state index in [0.29, 0.717) is 35.1 Å². The second kappa shape index (κ2) is 8.45. The number of methoxy groups -OCH3 is 1. The minimum absolute atomic E-state index is 0.150. The van der Waals surface area contributed by atoms with Crippen molar-refractivity contribution in [3.63, 3.8) is 0 Å². The van der Waals surface area contributed by atoms with Gasteiger partial charge in [0.15, 0.2) is 0 Å². The topological polar surface area (TPSA) is 79.8 Å². The van der Waals surface area contributed by atoms with Crippen molar-refractivity contribution in [2.24, 2.45) is 0 Å². The Hall–Kier alpha value is -2.68. The fraction of sp³-hybridized carbons (Fsp3) is 0.273. The highest BCUT2D eigenvalue weighted by Gasteiger charge is 2.31. The van der Waals surface area contributed by atoms with Gasteiger partial charge in [-0.05, 0) is 43.3 Å². The van der Waals surface area contributed by atoms with Crippen LogP contribution in [0.4, 0.5) is 0 Å². The lowest BCUT2D eigenvalue weighted by molar-refractivity contribution is 0.0697. The molecule has 0 saturated carbocycles. The molecule has 2 aromatic carbocycles. The van der Waals surface area contributed by atoms with Crippen LogP contribution in [-0.2, 0) is 10.0 Å². The Labute approximate surface area is 186 Å². The number of carbonyl (C=O) groups is 1. The molecule has 31 heavy (non-hydrogen) atoms. The molecule has 0 atom stereocenters. The van der Waals surface area contributed by atoms with Gasteiger partial charge in [-0.1, -0.05) is 17.7 Å². The van der Waals surface area contributed by atoms with Gasteiger partial charge in [-0.15, -0.1) is 0 Å². The average Bonchev–Trinajstić information content (AvgIpc) is 2.78. The first-order chi connectivity index (χ1) is 14.8. The number of amides is 1. The number of fused-ring (bicyclic) bond motifs is 1. The Morgan fingerprint density at radius 3 is 2.48 bits per heavy atom. The van der Waals surface area contributed by atoms with Gasteiger partial charge in [0.1, 0.15) is 5.75 Å². The molecule has 3 aromatic rings. The summed E-state index contributed by atoms with van der Waals surface area (Å²) in [6.07, 6.45) is 0. The summed E-state index contributed by atoms with van der Waals surface area (Å²) in [5.41, 5.74) is 1.90. The number of sulfonamides is 1. The second-order valence-corrected chi connectivity index (χ2v) is 9.71. The minimum Gasteiger partial charge on any atom is -0.497 e. The molecular formula is C22H22ClN3O4S. The van der Waals surface area contributed by atoms with Crippen LogP contribution in [0.3, 0.4) is 0 Å². The summed E-state index contributed by atoms with van der Waals surface area (Å²) in [6, 6.07) is 13.6. The monoisotopic (exact) mass is 459 g/mol. The fourth-order valence-corrected chi connectivity index (χ4v) is 5.39. The Morgan fingerprint density at radius 1 is 1.06 bits per heavy atom. The van der Waals surface area contributed by atoms with E-state index in [1.165, 1.54) is 16.4 Å². The van der Waals surface area contributed by atoms with Crippen molar-refractivity contribution in [3.8, 4) is 5.75 Å². The molecule has 0 aliphatic carbocycles. The number of carbonyl (C=O) groups excluding carboxylic acids is 1. The van der Waals surface area contributed by atoms with Crippen molar-refractivity contribution in [1.82, 2.24) is 14.2 Å². The first-order valence-corrected chi connectivity index (χ1v) is 11.6. The number of halogens is 1. The number of ether oxygens (including phenoxy) is 1. The van der Waals surface area contributed by atoms with Gasteiger partial charge in [-0.2, -0.15) is 4.31 Å². The Kier molecular flexibility index (Phi) is 5.88. The molecule has 0 spiro atoms. The predicted octanol–water partition coefficient (Wildman–Crippen LogP) is 3.35. The number of rotatable bonds is 4. The maximum absolute atomic E-state index is 13.1. The van der Waals surface area contributed by atoms with E-state index < -0.39 is 10.0 Å². The van der Waals surface area contributed by atoms with E-state index >= 15 is 0 Å². The van der Waals surface area contributed by atoms with Gasteiger partial charge in [0, 0.05) is 42.7 Å². The molecule has 0 radical (unpaired) electrons. The number of benzene rings is 2. The summed E-state index contributed by atoms with van der Waals surface area (Å²) >= 11 is 5.95. The molecule has 0 N–H and O–H groups in total. The maximum Gasteiger partial charge on any atom is 0.255 e. The van der Waals surface area contributed by atoms with E-state index in [2.05, 4.69) is 4.98 Å². The zero-order valence-corrected chi connectivity index (χ0v) is 18.8. The standard InChI is InChI=1S/C22H22ClN3O4S/c1-15-20(12-16-6-7-18(30-2)14-21(16)24-15)22(27)25-8-10-26(11-9-25)31(28,29)19-5-3-4-17(23)13-19/h3-7,12-14H,8-11H2,1-2H3. The molecule has 1 aliphatic rings. The SMILES string of the molecule is COc1ccc2cc(C(=O)N3CCN(S(=O)(=O)c4cccc(Cl)c4)CC3)c(C)nc2c1. The summed E-state index contributed by atoms with van der Waals surface area (Å²) in [5, 5.41) is 1.21. The highest BCUT2D eigenvalue weighted by molar-refractivity contribution is 7.89. The van der Waals surface area contributed by atoms with Crippen LogP contribution in [0.2, 0.25) is 5.02 Å². The van der Waals surface area contributed by atoms with Crippen LogP contribution in [-0.4, -0.2) is 61.8 Å². The Morgan fingerprint density at radius 2 is 1.81 bits per heavy atom. The average molecular weight is 460 g/mol. The summed E-state index contributed by atoms with van der Waals surface area (Å²) in [6.45, 7) is 2.85. The zero-order chi connectivity index (χ0) is 22.2. The van der Waals surface area contributed by atoms with Crippen molar-refractivity contribution in [2.75, 3.05) is 33.3 Å². The van der Waals surface area contributed by atoms with E-state index in [0.717, 1.165) is 10.9 Å². The summed E-state index contributed by atoms with van der Waals surface area (Å²) < 4.78 is 32.4. The lowest BCUT2D eigenvalue weighted by Crippen LogP contribution is -2.50. The van der Waals surface area contributed by atoms with Crippen molar-refractivity contribution in [1.29, 1.82) is 0 Å². The summed E-state index contributed by atoms with van der Waals surface area (Å²) in [5.74, 6) is 0.554. The smallest absolute Gasteiger partial charge is 0.255 e. The van der Waals surface area contributed by atoms with Gasteiger partial charge in [0.05, 0.1) is 28.8 Å². The van der Waals surface area contributed by atoms with Crippen LogP contribution in [0.5, 0.6) is 5.75 Å². The molecular weight excluding hydrogens is 438 g/mol. The van der Waals surface area contributed by atoms with Crippen molar-refractivity contribution in [3.05, 3.63) is 64.8 Å². The molecule has 9 heteroatoms. The van der Waals surface area contributed by atoms with Gasteiger partial charge in [-0.25, -0.2) is 8.42 Å². The van der Waals surface area contributed by atoms with Crippen LogP contribution in [0.1, 0.15) is 16.1 Å². The molecule has 1 aromatic heterocycles. The maximum atomic E-state index is 13.1. The van der Waals surface area contributed by atoms with Gasteiger partial charge >= 0.3 is 0 Å². The Bertz CT molecular complexity index is 1250. The minimum atomic E-state index is -3.66. The highest BCUT2D eigenvalue weighted by Crippen LogP contribution is 2.24. The van der Waals surface area contributed by atoms with E-state index in [-0.39, 0.29) is 23.9 Å². The van der Waals surface area contributed by atoms with E-state index in [4.69, 9.17) is 16.3 Å². The third-order valence-corrected chi connectivity index (χ3v) is 7.54. The molecule has 7 nitrogen and oxygen atoms in total.